The van der Waals surface area contributed by atoms with Crippen LogP contribution in [-0.4, -0.2) is 30.6 Å². The van der Waals surface area contributed by atoms with Gasteiger partial charge in [0.25, 0.3) is 5.91 Å². The number of carbonyl (C=O) groups excluding carboxylic acids is 2. The highest BCUT2D eigenvalue weighted by atomic mass is 79.9. The Bertz CT molecular complexity index is 1280. The van der Waals surface area contributed by atoms with E-state index in [-0.39, 0.29) is 27.9 Å². The van der Waals surface area contributed by atoms with Crippen molar-refractivity contribution in [3.63, 3.8) is 0 Å². The van der Waals surface area contributed by atoms with Gasteiger partial charge >= 0.3 is 0 Å². The maximum Gasteiger partial charge on any atom is 0.252 e. The molecular formula is C21H15BrCl2N2O4S2. The Morgan fingerprint density at radius 1 is 1.09 bits per heavy atom. The molecule has 6 nitrogen and oxygen atoms in total. The Hall–Kier alpha value is -1.75. The average Bonchev–Trinajstić information content (AvgIpc) is 3.36. The zero-order valence-electron chi connectivity index (χ0n) is 16.2. The van der Waals surface area contributed by atoms with Crippen LogP contribution in [0.2, 0.25) is 10.0 Å². The summed E-state index contributed by atoms with van der Waals surface area (Å²) >= 11 is 16.9. The third kappa shape index (κ3) is 4.50. The second-order valence-electron chi connectivity index (χ2n) is 6.97. The number of amides is 2. The van der Waals surface area contributed by atoms with Gasteiger partial charge in [0.2, 0.25) is 15.9 Å². The lowest BCUT2D eigenvalue weighted by Crippen LogP contribution is -2.45. The van der Waals surface area contributed by atoms with Gasteiger partial charge < -0.3 is 0 Å². The Morgan fingerprint density at radius 2 is 1.81 bits per heavy atom. The van der Waals surface area contributed by atoms with Gasteiger partial charge in [-0.1, -0.05) is 45.2 Å². The van der Waals surface area contributed by atoms with Crippen molar-refractivity contribution < 1.29 is 18.0 Å². The Kier molecular flexibility index (Phi) is 6.76. The molecule has 1 unspecified atom stereocenters. The smallest absolute Gasteiger partial charge is 0.252 e. The number of rotatable bonds is 6. The summed E-state index contributed by atoms with van der Waals surface area (Å²) in [4.78, 5) is 27.7. The van der Waals surface area contributed by atoms with Crippen molar-refractivity contribution >= 4 is 78.0 Å². The number of halogens is 3. The summed E-state index contributed by atoms with van der Waals surface area (Å²) in [6.45, 7) is -0.0826. The van der Waals surface area contributed by atoms with Gasteiger partial charge in [0.1, 0.15) is 10.9 Å². The summed E-state index contributed by atoms with van der Waals surface area (Å²) < 4.78 is 29.1. The topological polar surface area (TPSA) is 74.8 Å². The molecule has 0 saturated carbocycles. The van der Waals surface area contributed by atoms with E-state index in [1.54, 1.807) is 36.4 Å². The molecule has 1 aromatic heterocycles. The lowest BCUT2D eigenvalue weighted by Gasteiger charge is -2.27. The van der Waals surface area contributed by atoms with Crippen LogP contribution in [0, 0.1) is 0 Å². The minimum absolute atomic E-state index is 0.0212. The zero-order chi connectivity index (χ0) is 23.0. The van der Waals surface area contributed by atoms with Crippen LogP contribution >= 0.6 is 50.5 Å². The quantitative estimate of drug-likeness (QED) is 0.373. The predicted octanol–water partition coefficient (Wildman–Crippen LogP) is 5.34. The van der Waals surface area contributed by atoms with Gasteiger partial charge in [-0.3, -0.25) is 9.59 Å². The van der Waals surface area contributed by atoms with E-state index in [1.807, 2.05) is 5.38 Å². The van der Waals surface area contributed by atoms with Crippen LogP contribution in [0.1, 0.15) is 11.3 Å². The van der Waals surface area contributed by atoms with E-state index in [1.165, 1.54) is 29.5 Å². The van der Waals surface area contributed by atoms with Crippen molar-refractivity contribution in [3.8, 4) is 0 Å². The molecule has 32 heavy (non-hydrogen) atoms. The van der Waals surface area contributed by atoms with Crippen molar-refractivity contribution in [1.29, 1.82) is 0 Å². The number of nitrogens with zero attached hydrogens (tertiary/aromatic N) is 2. The van der Waals surface area contributed by atoms with Crippen LogP contribution in [0.5, 0.6) is 0 Å². The third-order valence-corrected chi connectivity index (χ3v) is 8.89. The summed E-state index contributed by atoms with van der Waals surface area (Å²) in [7, 11) is -4.27. The lowest BCUT2D eigenvalue weighted by atomic mass is 10.2. The molecule has 2 heterocycles. The minimum atomic E-state index is -4.27. The van der Waals surface area contributed by atoms with Crippen LogP contribution in [-0.2, 0) is 26.2 Å². The first-order chi connectivity index (χ1) is 15.2. The van der Waals surface area contributed by atoms with E-state index in [9.17, 15) is 18.0 Å². The Balaban J connectivity index is 1.77. The van der Waals surface area contributed by atoms with E-state index in [4.69, 9.17) is 23.2 Å². The summed E-state index contributed by atoms with van der Waals surface area (Å²) in [5.74, 6) is -1.10. The van der Waals surface area contributed by atoms with Crippen molar-refractivity contribution in [1.82, 2.24) is 4.31 Å². The van der Waals surface area contributed by atoms with Gasteiger partial charge in [-0.15, -0.1) is 11.3 Å². The van der Waals surface area contributed by atoms with Crippen molar-refractivity contribution in [2.24, 2.45) is 0 Å². The average molecular weight is 574 g/mol. The number of sulfonamides is 1. The van der Waals surface area contributed by atoms with Crippen molar-refractivity contribution in [2.45, 2.75) is 23.9 Å². The maximum atomic E-state index is 13.7. The lowest BCUT2D eigenvalue weighted by molar-refractivity contribution is -0.122. The molecule has 1 aliphatic rings. The molecule has 4 rings (SSSR count). The highest BCUT2D eigenvalue weighted by molar-refractivity contribution is 9.10. The molecule has 0 radical (unpaired) electrons. The van der Waals surface area contributed by atoms with Gasteiger partial charge in [-0.25, -0.2) is 13.3 Å². The summed E-state index contributed by atoms with van der Waals surface area (Å²) in [6, 6.07) is 13.1. The van der Waals surface area contributed by atoms with Gasteiger partial charge in [-0.05, 0) is 53.9 Å². The van der Waals surface area contributed by atoms with E-state index in [0.717, 1.165) is 13.7 Å². The van der Waals surface area contributed by atoms with Gasteiger partial charge in [0, 0.05) is 20.9 Å². The molecule has 0 spiro atoms. The molecule has 2 amide bonds. The molecule has 3 aromatic rings. The van der Waals surface area contributed by atoms with Crippen LogP contribution in [0.3, 0.4) is 0 Å². The SMILES string of the molecule is O=C1CC(N(Cc2cccs2)S(=O)(=O)c2cc(Cl)ccc2Cl)C(=O)N1c1ccc(Br)cc1. The zero-order valence-corrected chi connectivity index (χ0v) is 21.0. The molecule has 1 aliphatic heterocycles. The fraction of sp³-hybridized carbons (Fsp3) is 0.143. The second kappa shape index (κ2) is 9.24. The largest absolute Gasteiger partial charge is 0.274 e. The molecule has 0 bridgehead atoms. The highest BCUT2D eigenvalue weighted by Gasteiger charge is 2.47. The molecule has 1 fully saturated rings. The van der Waals surface area contributed by atoms with Crippen LogP contribution in [0.4, 0.5) is 5.69 Å². The number of hydrogen-bond acceptors (Lipinski definition) is 5. The number of carbonyl (C=O) groups is 2. The van der Waals surface area contributed by atoms with E-state index < -0.39 is 27.9 Å². The first kappa shape index (κ1) is 23.4. The van der Waals surface area contributed by atoms with Crippen LogP contribution in [0.25, 0.3) is 0 Å². The first-order valence-corrected chi connectivity index (χ1v) is 13.2. The fourth-order valence-electron chi connectivity index (χ4n) is 3.42. The molecule has 166 valence electrons. The molecular weight excluding hydrogens is 559 g/mol. The second-order valence-corrected chi connectivity index (χ2v) is 11.6. The number of benzene rings is 2. The third-order valence-electron chi connectivity index (χ3n) is 4.93. The Labute approximate surface area is 207 Å². The van der Waals surface area contributed by atoms with Gasteiger partial charge in [-0.2, -0.15) is 4.31 Å². The summed E-state index contributed by atoms with van der Waals surface area (Å²) in [5, 5.41) is 1.98. The standard InChI is InChI=1S/C21H15BrCl2N2O4S2/c22-13-3-6-15(7-4-13)26-20(27)11-18(21(26)28)25(12-16-2-1-9-31-16)32(29,30)19-10-14(23)5-8-17(19)24/h1-10,18H,11-12H2. The van der Waals surface area contributed by atoms with Crippen LogP contribution in [0.15, 0.2) is 69.3 Å². The summed E-state index contributed by atoms with van der Waals surface area (Å²) in [5.41, 5.74) is 0.375. The van der Waals surface area contributed by atoms with Crippen molar-refractivity contribution in [2.75, 3.05) is 4.90 Å². The van der Waals surface area contributed by atoms with Gasteiger partial charge in [0.05, 0.1) is 17.1 Å². The van der Waals surface area contributed by atoms with Crippen LogP contribution < -0.4 is 4.90 Å². The molecule has 2 aromatic carbocycles. The number of imide groups is 1. The summed E-state index contributed by atoms with van der Waals surface area (Å²) in [6.07, 6.45) is -0.280. The fourth-order valence-corrected chi connectivity index (χ4v) is 6.77. The maximum absolute atomic E-state index is 13.7. The molecule has 11 heteroatoms. The normalized spacial score (nSPS) is 16.9. The Morgan fingerprint density at radius 3 is 2.47 bits per heavy atom. The molecule has 1 saturated heterocycles. The molecule has 0 N–H and O–H groups in total. The number of thiophene rings is 1. The predicted molar refractivity (Wildman–Crippen MR) is 129 cm³/mol. The monoisotopic (exact) mass is 572 g/mol. The van der Waals surface area contributed by atoms with E-state index in [0.29, 0.717) is 10.6 Å². The molecule has 0 aliphatic carbocycles. The van der Waals surface area contributed by atoms with E-state index in [2.05, 4.69) is 15.9 Å². The highest BCUT2D eigenvalue weighted by Crippen LogP contribution is 2.34. The molecule has 1 atom stereocenters. The van der Waals surface area contributed by atoms with Crippen molar-refractivity contribution in [3.05, 3.63) is 79.4 Å². The number of anilines is 1. The number of hydrogen-bond donors (Lipinski definition) is 0. The first-order valence-electron chi connectivity index (χ1n) is 9.30. The van der Waals surface area contributed by atoms with E-state index >= 15 is 0 Å². The van der Waals surface area contributed by atoms with Gasteiger partial charge in [0.15, 0.2) is 0 Å². The minimum Gasteiger partial charge on any atom is -0.274 e.